The zero-order valence-corrected chi connectivity index (χ0v) is 10.1. The monoisotopic (exact) mass is 265 g/mol. The van der Waals surface area contributed by atoms with Crippen LogP contribution in [0.15, 0.2) is 18.7 Å². The molecule has 8 heteroatoms. The molecule has 102 valence electrons. The van der Waals surface area contributed by atoms with E-state index in [0.29, 0.717) is 23.8 Å². The van der Waals surface area contributed by atoms with Gasteiger partial charge in [-0.05, 0) is 0 Å². The van der Waals surface area contributed by atoms with Crippen molar-refractivity contribution in [3.8, 4) is 11.5 Å². The van der Waals surface area contributed by atoms with Crippen molar-refractivity contribution < 1.29 is 14.9 Å². The molecule has 0 radical (unpaired) electrons. The first-order chi connectivity index (χ1) is 9.20. The molecular formula is C11H15N5O3. The van der Waals surface area contributed by atoms with Gasteiger partial charge in [0.25, 0.3) is 0 Å². The van der Waals surface area contributed by atoms with Gasteiger partial charge in [0.2, 0.25) is 0 Å². The third-order valence-corrected chi connectivity index (χ3v) is 3.25. The number of ether oxygens (including phenoxy) is 1. The number of imidazole rings is 2. The van der Waals surface area contributed by atoms with Crippen LogP contribution in [0.25, 0.3) is 11.5 Å². The Balaban J connectivity index is 1.87. The fraction of sp³-hybridized carbons (Fsp3) is 0.455. The summed E-state index contributed by atoms with van der Waals surface area (Å²) in [4.78, 5) is 11.2. The lowest BCUT2D eigenvalue weighted by atomic mass is 10.2. The largest absolute Gasteiger partial charge is 0.394 e. The van der Waals surface area contributed by atoms with Crippen LogP contribution >= 0.6 is 0 Å². The van der Waals surface area contributed by atoms with Gasteiger partial charge in [0.1, 0.15) is 23.8 Å². The van der Waals surface area contributed by atoms with Gasteiger partial charge in [0.05, 0.1) is 19.0 Å². The van der Waals surface area contributed by atoms with E-state index in [1.807, 2.05) is 0 Å². The predicted molar refractivity (Wildman–Crippen MR) is 65.8 cm³/mol. The molecule has 1 saturated heterocycles. The maximum atomic E-state index is 9.72. The molecule has 3 heterocycles. The number of aromatic nitrogens is 4. The van der Waals surface area contributed by atoms with Crippen molar-refractivity contribution in [1.82, 2.24) is 19.5 Å². The summed E-state index contributed by atoms with van der Waals surface area (Å²) in [5.74, 6) is 0.985. The van der Waals surface area contributed by atoms with Gasteiger partial charge in [0, 0.05) is 18.8 Å². The van der Waals surface area contributed by atoms with E-state index >= 15 is 0 Å². The molecular weight excluding hydrogens is 250 g/mol. The number of aromatic amines is 1. The van der Waals surface area contributed by atoms with Gasteiger partial charge in [-0.2, -0.15) is 0 Å². The average molecular weight is 265 g/mol. The second-order valence-corrected chi connectivity index (χ2v) is 4.44. The molecule has 3 atom stereocenters. The van der Waals surface area contributed by atoms with Crippen LogP contribution in [-0.2, 0) is 4.74 Å². The molecule has 0 spiro atoms. The van der Waals surface area contributed by atoms with Crippen LogP contribution in [0.4, 0.5) is 5.82 Å². The number of nitrogens with one attached hydrogen (secondary N) is 1. The fourth-order valence-electron chi connectivity index (χ4n) is 2.23. The van der Waals surface area contributed by atoms with E-state index in [2.05, 4.69) is 15.0 Å². The van der Waals surface area contributed by atoms with Crippen molar-refractivity contribution in [2.45, 2.75) is 24.9 Å². The highest BCUT2D eigenvalue weighted by atomic mass is 16.5. The summed E-state index contributed by atoms with van der Waals surface area (Å²) >= 11 is 0. The van der Waals surface area contributed by atoms with Crippen LogP contribution in [-0.4, -0.2) is 48.5 Å². The van der Waals surface area contributed by atoms with Gasteiger partial charge in [-0.25, -0.2) is 9.97 Å². The zero-order chi connectivity index (χ0) is 13.4. The number of aliphatic hydroxyl groups excluding tert-OH is 2. The predicted octanol–water partition coefficient (Wildman–Crippen LogP) is -0.504. The Morgan fingerprint density at radius 2 is 2.37 bits per heavy atom. The summed E-state index contributed by atoms with van der Waals surface area (Å²) in [6, 6.07) is 0. The highest BCUT2D eigenvalue weighted by Crippen LogP contribution is 2.32. The Morgan fingerprint density at radius 1 is 1.53 bits per heavy atom. The first-order valence-electron chi connectivity index (χ1n) is 5.97. The zero-order valence-electron chi connectivity index (χ0n) is 10.1. The molecule has 0 amide bonds. The summed E-state index contributed by atoms with van der Waals surface area (Å²) in [5.41, 5.74) is 6.56. The van der Waals surface area contributed by atoms with E-state index in [9.17, 15) is 5.11 Å². The summed E-state index contributed by atoms with van der Waals surface area (Å²) in [6.45, 7) is -0.225. The number of aliphatic hydroxyl groups is 2. The highest BCUT2D eigenvalue weighted by Gasteiger charge is 2.35. The van der Waals surface area contributed by atoms with Crippen molar-refractivity contribution in [3.05, 3.63) is 18.7 Å². The topological polar surface area (TPSA) is 122 Å². The Kier molecular flexibility index (Phi) is 2.97. The Labute approximate surface area is 108 Å². The Bertz CT molecular complexity index is 553. The van der Waals surface area contributed by atoms with E-state index in [1.165, 1.54) is 0 Å². The third-order valence-electron chi connectivity index (χ3n) is 3.25. The van der Waals surface area contributed by atoms with Gasteiger partial charge in [-0.3, -0.25) is 4.57 Å². The number of hydrogen-bond acceptors (Lipinski definition) is 6. The highest BCUT2D eigenvalue weighted by molar-refractivity contribution is 5.64. The van der Waals surface area contributed by atoms with Crippen LogP contribution in [0.1, 0.15) is 12.6 Å². The summed E-state index contributed by atoms with van der Waals surface area (Å²) in [7, 11) is 0. The third kappa shape index (κ3) is 1.99. The summed E-state index contributed by atoms with van der Waals surface area (Å²) in [6.07, 6.45) is 3.50. The number of hydrogen-bond donors (Lipinski definition) is 4. The number of anilines is 1. The Morgan fingerprint density at radius 3 is 3.00 bits per heavy atom. The van der Waals surface area contributed by atoms with Crippen molar-refractivity contribution >= 4 is 5.82 Å². The van der Waals surface area contributed by atoms with Gasteiger partial charge in [0.15, 0.2) is 5.82 Å². The van der Waals surface area contributed by atoms with Crippen molar-refractivity contribution in [1.29, 1.82) is 0 Å². The summed E-state index contributed by atoms with van der Waals surface area (Å²) in [5, 5.41) is 18.8. The number of rotatable bonds is 3. The molecule has 0 aromatic carbocycles. The lowest BCUT2D eigenvalue weighted by molar-refractivity contribution is -0.0436. The molecule has 0 bridgehead atoms. The van der Waals surface area contributed by atoms with Crippen LogP contribution in [0.2, 0.25) is 0 Å². The molecule has 1 aliphatic rings. The standard InChI is InChI=1S/C11H15N5O3/c12-10-9(11-13-1-2-14-11)15-5-16(10)8-3-6(18)7(4-17)19-8/h1-2,5-8,17-18H,3-4,12H2,(H,13,14)/t6-,7+,8+/m0/s1. The quantitative estimate of drug-likeness (QED) is 0.593. The molecule has 19 heavy (non-hydrogen) atoms. The molecule has 3 rings (SSSR count). The molecule has 1 fully saturated rings. The Hall–Kier alpha value is -1.90. The van der Waals surface area contributed by atoms with Gasteiger partial charge < -0.3 is 25.7 Å². The minimum absolute atomic E-state index is 0.225. The summed E-state index contributed by atoms with van der Waals surface area (Å²) < 4.78 is 7.17. The number of nitrogens with two attached hydrogens (primary N) is 1. The van der Waals surface area contributed by atoms with Crippen molar-refractivity contribution in [2.75, 3.05) is 12.3 Å². The number of H-pyrrole nitrogens is 1. The lowest BCUT2D eigenvalue weighted by Crippen LogP contribution is -2.24. The molecule has 0 unspecified atom stereocenters. The molecule has 2 aromatic rings. The molecule has 2 aromatic heterocycles. The minimum Gasteiger partial charge on any atom is -0.394 e. The molecule has 0 saturated carbocycles. The number of nitrogens with zero attached hydrogens (tertiary/aromatic N) is 3. The van der Waals surface area contributed by atoms with Crippen LogP contribution < -0.4 is 5.73 Å². The molecule has 1 aliphatic heterocycles. The second kappa shape index (κ2) is 4.65. The van der Waals surface area contributed by atoms with E-state index in [4.69, 9.17) is 15.6 Å². The van der Waals surface area contributed by atoms with E-state index in [-0.39, 0.29) is 6.61 Å². The average Bonchev–Trinajstić information content (AvgIpc) is 3.08. The second-order valence-electron chi connectivity index (χ2n) is 4.44. The van der Waals surface area contributed by atoms with Crippen LogP contribution in [0, 0.1) is 0 Å². The first kappa shape index (κ1) is 12.2. The van der Waals surface area contributed by atoms with Crippen molar-refractivity contribution in [2.24, 2.45) is 0 Å². The van der Waals surface area contributed by atoms with Crippen LogP contribution in [0.3, 0.4) is 0 Å². The van der Waals surface area contributed by atoms with Crippen molar-refractivity contribution in [3.63, 3.8) is 0 Å². The molecule has 0 aliphatic carbocycles. The first-order valence-corrected chi connectivity index (χ1v) is 5.97. The fourth-order valence-corrected chi connectivity index (χ4v) is 2.23. The minimum atomic E-state index is -0.705. The number of nitrogen functional groups attached to an aromatic ring is 1. The van der Waals surface area contributed by atoms with Crippen LogP contribution in [0.5, 0.6) is 0 Å². The van der Waals surface area contributed by atoms with E-state index < -0.39 is 18.4 Å². The normalized spacial score (nSPS) is 26.9. The van der Waals surface area contributed by atoms with Gasteiger partial charge >= 0.3 is 0 Å². The molecule has 5 N–H and O–H groups in total. The lowest BCUT2D eigenvalue weighted by Gasteiger charge is -2.14. The molecule has 8 nitrogen and oxygen atoms in total. The van der Waals surface area contributed by atoms with Gasteiger partial charge in [-0.1, -0.05) is 0 Å². The van der Waals surface area contributed by atoms with E-state index in [1.54, 1.807) is 23.3 Å². The van der Waals surface area contributed by atoms with Gasteiger partial charge in [-0.15, -0.1) is 0 Å². The smallest absolute Gasteiger partial charge is 0.159 e. The maximum Gasteiger partial charge on any atom is 0.159 e. The SMILES string of the molecule is Nc1c(-c2ncc[nH]2)ncn1[C@H]1C[C@H](O)[C@@H](CO)O1. The maximum absolute atomic E-state index is 9.72. The van der Waals surface area contributed by atoms with E-state index in [0.717, 1.165) is 0 Å².